The second-order valence-electron chi connectivity index (χ2n) is 3.63. The Morgan fingerprint density at radius 3 is 2.20 bits per heavy atom. The van der Waals surface area contributed by atoms with E-state index in [0.717, 1.165) is 5.69 Å². The number of carbonyl (C=O) groups excluding carboxylic acids is 1. The third-order valence-corrected chi connectivity index (χ3v) is 1.08. The Morgan fingerprint density at radius 2 is 2.07 bits per heavy atom. The molecule has 0 saturated heterocycles. The maximum Gasteiger partial charge on any atom is 2.00 e. The summed E-state index contributed by atoms with van der Waals surface area (Å²) in [7, 11) is 0. The molecule has 1 rings (SSSR count). The molecule has 0 aliphatic carbocycles. The van der Waals surface area contributed by atoms with Crippen molar-refractivity contribution in [2.24, 2.45) is 0 Å². The summed E-state index contributed by atoms with van der Waals surface area (Å²) in [6.45, 7) is 6.73. The fraction of sp³-hybridized carbons (Fsp3) is 0.364. The van der Waals surface area contributed by atoms with Gasteiger partial charge >= 0.3 is 18.6 Å². The van der Waals surface area contributed by atoms with Crippen LogP contribution in [-0.4, -0.2) is 12.1 Å². The van der Waals surface area contributed by atoms with Crippen molar-refractivity contribution in [1.29, 1.82) is 0 Å². The standard InChI is InChI=1S/C6H6N.C5H9O2.V/c7-6-4-2-1-3-5-6;1-5(2,3)7-4-6;/h1-2,4-5H,7H2;1-3H3;/q2*-1;+2. The van der Waals surface area contributed by atoms with Crippen LogP contribution in [0.1, 0.15) is 20.8 Å². The van der Waals surface area contributed by atoms with Crippen LogP contribution in [0, 0.1) is 6.07 Å². The van der Waals surface area contributed by atoms with Gasteiger partial charge in [0.25, 0.3) is 0 Å². The van der Waals surface area contributed by atoms with Gasteiger partial charge in [-0.25, -0.2) is 0 Å². The molecule has 0 amide bonds. The number of nitrogen functional groups attached to an aromatic ring is 1. The molecule has 1 aromatic rings. The summed E-state index contributed by atoms with van der Waals surface area (Å²) < 4.78 is 4.42. The largest absolute Gasteiger partial charge is 2.00 e. The van der Waals surface area contributed by atoms with Crippen molar-refractivity contribution < 1.29 is 28.1 Å². The number of hydrogen-bond donors (Lipinski definition) is 1. The maximum atomic E-state index is 9.47. The Hall–Kier alpha value is -0.926. The topological polar surface area (TPSA) is 52.3 Å². The Bertz CT molecular complexity index is 257. The van der Waals surface area contributed by atoms with Gasteiger partial charge in [-0.05, 0) is 20.8 Å². The molecule has 0 aromatic heterocycles. The van der Waals surface area contributed by atoms with E-state index in [2.05, 4.69) is 10.8 Å². The molecule has 1 aromatic carbocycles. The van der Waals surface area contributed by atoms with E-state index in [1.165, 1.54) is 6.47 Å². The quantitative estimate of drug-likeness (QED) is 0.606. The summed E-state index contributed by atoms with van der Waals surface area (Å²) in [4.78, 5) is 9.47. The number of hydrogen-bond acceptors (Lipinski definition) is 3. The third kappa shape index (κ3) is 13.1. The van der Waals surface area contributed by atoms with Gasteiger partial charge in [0, 0.05) is 0 Å². The fourth-order valence-corrected chi connectivity index (χ4v) is 0.532. The van der Waals surface area contributed by atoms with Gasteiger partial charge in [-0.15, -0.1) is 0 Å². The van der Waals surface area contributed by atoms with Gasteiger partial charge in [-0.1, -0.05) is 12.2 Å². The molecule has 0 unspecified atom stereocenters. The van der Waals surface area contributed by atoms with E-state index in [9.17, 15) is 4.79 Å². The SMILES string of the molecule is CC(C)(C)O[C-]=O.Nc1c[c-]ccc1.[V+2]. The monoisotopic (exact) mass is 244 g/mol. The van der Waals surface area contributed by atoms with Crippen LogP contribution in [0.3, 0.4) is 0 Å². The first-order valence-electron chi connectivity index (χ1n) is 4.22. The number of anilines is 1. The zero-order valence-corrected chi connectivity index (χ0v) is 10.5. The molecular formula is C11H15NO2V. The third-order valence-electron chi connectivity index (χ3n) is 1.08. The number of rotatable bonds is 1. The molecule has 1 radical (unpaired) electrons. The van der Waals surface area contributed by atoms with Crippen molar-refractivity contribution >= 4 is 12.2 Å². The molecule has 0 bridgehead atoms. The van der Waals surface area contributed by atoms with Gasteiger partial charge in [-0.2, -0.15) is 30.3 Å². The summed E-state index contributed by atoms with van der Waals surface area (Å²) in [5, 5.41) is 0. The minimum Gasteiger partial charge on any atom is -0.649 e. The van der Waals surface area contributed by atoms with Gasteiger partial charge in [0.2, 0.25) is 0 Å². The summed E-state index contributed by atoms with van der Waals surface area (Å²) in [6, 6.07) is 10.1. The van der Waals surface area contributed by atoms with Crippen molar-refractivity contribution in [2.45, 2.75) is 26.4 Å². The molecule has 0 saturated carbocycles. The first kappa shape index (κ1) is 16.5. The number of nitrogens with two attached hydrogens (primary N) is 1. The van der Waals surface area contributed by atoms with E-state index >= 15 is 0 Å². The Kier molecular flexibility index (Phi) is 9.23. The van der Waals surface area contributed by atoms with E-state index in [0.29, 0.717) is 0 Å². The first-order chi connectivity index (χ1) is 6.45. The van der Waals surface area contributed by atoms with Crippen LogP contribution in [0.25, 0.3) is 0 Å². The molecule has 0 aliphatic rings. The Morgan fingerprint density at radius 1 is 1.47 bits per heavy atom. The average Bonchev–Trinajstić information content (AvgIpc) is 2.04. The molecule has 0 aliphatic heterocycles. The molecule has 0 heterocycles. The van der Waals surface area contributed by atoms with Gasteiger partial charge in [-0.3, -0.25) is 0 Å². The van der Waals surface area contributed by atoms with Crippen molar-refractivity contribution in [3.63, 3.8) is 0 Å². The van der Waals surface area contributed by atoms with Gasteiger partial charge in [0.05, 0.1) is 5.60 Å². The van der Waals surface area contributed by atoms with Crippen molar-refractivity contribution in [2.75, 3.05) is 5.73 Å². The van der Waals surface area contributed by atoms with Crippen molar-refractivity contribution in [1.82, 2.24) is 0 Å². The van der Waals surface area contributed by atoms with Crippen LogP contribution < -0.4 is 5.73 Å². The predicted molar refractivity (Wildman–Crippen MR) is 56.2 cm³/mol. The van der Waals surface area contributed by atoms with Crippen molar-refractivity contribution in [3.05, 3.63) is 30.3 Å². The number of benzene rings is 1. The Labute approximate surface area is 103 Å². The van der Waals surface area contributed by atoms with Crippen LogP contribution in [0.15, 0.2) is 24.3 Å². The van der Waals surface area contributed by atoms with Crippen LogP contribution >= 0.6 is 0 Å². The summed E-state index contributed by atoms with van der Waals surface area (Å²) >= 11 is 0. The summed E-state index contributed by atoms with van der Waals surface area (Å²) in [6.07, 6.45) is 0. The molecule has 15 heavy (non-hydrogen) atoms. The molecule has 2 N–H and O–H groups in total. The fourth-order valence-electron chi connectivity index (χ4n) is 0.532. The zero-order valence-electron chi connectivity index (χ0n) is 9.15. The van der Waals surface area contributed by atoms with E-state index in [-0.39, 0.29) is 24.2 Å². The molecule has 0 atom stereocenters. The van der Waals surface area contributed by atoms with E-state index in [1.807, 2.05) is 18.2 Å². The zero-order chi connectivity index (χ0) is 11.0. The van der Waals surface area contributed by atoms with Crippen molar-refractivity contribution in [3.8, 4) is 0 Å². The normalized spacial score (nSPS) is 9.00. The van der Waals surface area contributed by atoms with Crippen LogP contribution in [0.2, 0.25) is 0 Å². The predicted octanol–water partition coefficient (Wildman–Crippen LogP) is 1.94. The number of ether oxygens (including phenoxy) is 1. The molecule has 0 fully saturated rings. The van der Waals surface area contributed by atoms with Crippen LogP contribution in [-0.2, 0) is 28.1 Å². The van der Waals surface area contributed by atoms with Gasteiger partial charge in [0.1, 0.15) is 0 Å². The van der Waals surface area contributed by atoms with E-state index in [4.69, 9.17) is 5.73 Å². The summed E-state index contributed by atoms with van der Waals surface area (Å²) in [5.41, 5.74) is 5.72. The van der Waals surface area contributed by atoms with Gasteiger partial charge in [0.15, 0.2) is 0 Å². The maximum absolute atomic E-state index is 9.47. The second kappa shape index (κ2) is 8.39. The minimum absolute atomic E-state index is 0. The van der Waals surface area contributed by atoms with E-state index in [1.54, 1.807) is 26.8 Å². The van der Waals surface area contributed by atoms with Crippen LogP contribution in [0.5, 0.6) is 0 Å². The molecule has 3 nitrogen and oxygen atoms in total. The molecule has 4 heteroatoms. The first-order valence-corrected chi connectivity index (χ1v) is 4.22. The van der Waals surface area contributed by atoms with Gasteiger partial charge < -0.3 is 15.3 Å². The van der Waals surface area contributed by atoms with E-state index < -0.39 is 0 Å². The average molecular weight is 244 g/mol. The minimum atomic E-state index is -0.373. The smallest absolute Gasteiger partial charge is 0.649 e. The second-order valence-corrected chi connectivity index (χ2v) is 3.63. The molecule has 0 spiro atoms. The molecule has 81 valence electrons. The summed E-state index contributed by atoms with van der Waals surface area (Å²) in [5.74, 6) is 0. The molecular weight excluding hydrogens is 229 g/mol. The Balaban J connectivity index is 0. The van der Waals surface area contributed by atoms with Crippen LogP contribution in [0.4, 0.5) is 5.69 Å².